The molecule has 1 aliphatic carbocycles. The van der Waals surface area contributed by atoms with E-state index in [0.717, 1.165) is 39.3 Å². The molecule has 0 amide bonds. The minimum atomic E-state index is -0.583. The van der Waals surface area contributed by atoms with Crippen molar-refractivity contribution in [2.45, 2.75) is 5.41 Å². The van der Waals surface area contributed by atoms with E-state index in [0.29, 0.717) is 0 Å². The Morgan fingerprint density at radius 3 is 1.46 bits per heavy atom. The van der Waals surface area contributed by atoms with Crippen LogP contribution in [0.1, 0.15) is 22.3 Å². The van der Waals surface area contributed by atoms with E-state index in [2.05, 4.69) is 266 Å². The van der Waals surface area contributed by atoms with Gasteiger partial charge in [0.1, 0.15) is 11.5 Å². The van der Waals surface area contributed by atoms with Crippen LogP contribution < -0.4 is 9.64 Å². The highest BCUT2D eigenvalue weighted by Crippen LogP contribution is 2.64. The molecule has 2 nitrogen and oxygen atoms in total. The second kappa shape index (κ2) is 15.6. The van der Waals surface area contributed by atoms with Crippen molar-refractivity contribution in [1.82, 2.24) is 0 Å². The number of hydrogen-bond donors (Lipinski definition) is 0. The number of rotatable bonds is 6. The van der Waals surface area contributed by atoms with E-state index in [1.165, 1.54) is 88.3 Å². The Bertz CT molecular complexity index is 3900. The number of anilines is 3. The molecule has 1 aliphatic heterocycles. The summed E-state index contributed by atoms with van der Waals surface area (Å²) in [5.74, 6) is 1.86. The van der Waals surface area contributed by atoms with E-state index in [1.54, 1.807) is 0 Å². The average Bonchev–Trinajstić information content (AvgIpc) is 3.71. The van der Waals surface area contributed by atoms with Gasteiger partial charge in [-0.25, -0.2) is 0 Å². The normalized spacial score (nSPS) is 12.9. The predicted octanol–water partition coefficient (Wildman–Crippen LogP) is 18.1. The lowest BCUT2D eigenvalue weighted by Gasteiger charge is -2.40. The molecule has 2 heteroatoms. The van der Waals surface area contributed by atoms with Gasteiger partial charge in [0.05, 0.1) is 5.41 Å². The van der Waals surface area contributed by atoms with Crippen LogP contribution in [0.4, 0.5) is 17.1 Å². The van der Waals surface area contributed by atoms with Gasteiger partial charge in [-0.1, -0.05) is 212 Å². The molecule has 0 fully saturated rings. The van der Waals surface area contributed by atoms with Crippen molar-refractivity contribution in [3.63, 3.8) is 0 Å². The molecule has 322 valence electrons. The van der Waals surface area contributed by atoms with Gasteiger partial charge >= 0.3 is 0 Å². The topological polar surface area (TPSA) is 12.5 Å². The Balaban J connectivity index is 0.919. The SMILES string of the molecule is c1ccc(-c2ccc(N(c3cccc(-c4ccccc4)c3)c3ccc4ccc(-c5ccc6c(c5)-c5ccccc5C65c6ccc7ccccc7c6Oc6c5ccc5ccccc65)cc4c3)cc2)cc1. The quantitative estimate of drug-likeness (QED) is 0.165. The first-order chi connectivity index (χ1) is 34.2. The summed E-state index contributed by atoms with van der Waals surface area (Å²) in [5.41, 5.74) is 17.2. The molecular weight excluding hydrogens is 835 g/mol. The average molecular weight is 878 g/mol. The molecule has 1 spiro atoms. The van der Waals surface area contributed by atoms with E-state index in [9.17, 15) is 0 Å². The lowest BCUT2D eigenvalue weighted by molar-refractivity contribution is 0.447. The molecule has 0 radical (unpaired) electrons. The smallest absolute Gasteiger partial charge is 0.140 e. The van der Waals surface area contributed by atoms with Gasteiger partial charge in [-0.15, -0.1) is 0 Å². The van der Waals surface area contributed by atoms with E-state index >= 15 is 0 Å². The van der Waals surface area contributed by atoms with Crippen molar-refractivity contribution in [2.75, 3.05) is 4.90 Å². The first-order valence-corrected chi connectivity index (χ1v) is 23.8. The minimum absolute atomic E-state index is 0.583. The summed E-state index contributed by atoms with van der Waals surface area (Å²) in [7, 11) is 0. The number of hydrogen-bond acceptors (Lipinski definition) is 2. The van der Waals surface area contributed by atoms with Crippen molar-refractivity contribution in [2.24, 2.45) is 0 Å². The van der Waals surface area contributed by atoms with Gasteiger partial charge in [0.25, 0.3) is 0 Å². The standard InChI is InChI=1S/C67H43NO/c1-3-14-44(15-4-1)46-28-34-54(35-29-46)68(55-21-13-20-50(41-55)45-16-5-2-6-17-45)56-36-30-47-26-27-51(40-53(47)42-56)52-33-37-62-60(43-52)59-24-11-12-25-61(59)67(62)63-38-31-48-18-7-9-22-57(48)65(63)69-66-58-23-10-8-19-49(58)32-39-64(66)67/h1-43H. The van der Waals surface area contributed by atoms with Crippen LogP contribution in [-0.4, -0.2) is 0 Å². The van der Waals surface area contributed by atoms with Gasteiger partial charge in [-0.3, -0.25) is 0 Å². The molecule has 1 heterocycles. The third-order valence-corrected chi connectivity index (χ3v) is 14.7. The first-order valence-electron chi connectivity index (χ1n) is 23.8. The van der Waals surface area contributed by atoms with Gasteiger partial charge < -0.3 is 9.64 Å². The van der Waals surface area contributed by atoms with Crippen LogP contribution in [-0.2, 0) is 5.41 Å². The van der Waals surface area contributed by atoms with E-state index < -0.39 is 5.41 Å². The Labute approximate surface area is 401 Å². The zero-order valence-corrected chi connectivity index (χ0v) is 37.7. The maximum absolute atomic E-state index is 7.18. The minimum Gasteiger partial charge on any atom is -0.455 e. The third kappa shape index (κ3) is 6.12. The molecule has 69 heavy (non-hydrogen) atoms. The summed E-state index contributed by atoms with van der Waals surface area (Å²) in [6, 6.07) is 95.5. The monoisotopic (exact) mass is 877 g/mol. The highest BCUT2D eigenvalue weighted by molar-refractivity contribution is 6.01. The molecule has 12 aromatic rings. The van der Waals surface area contributed by atoms with Crippen LogP contribution in [0, 0.1) is 0 Å². The van der Waals surface area contributed by atoms with E-state index in [1.807, 2.05) is 0 Å². The lowest BCUT2D eigenvalue weighted by atomic mass is 9.65. The second-order valence-corrected chi connectivity index (χ2v) is 18.4. The van der Waals surface area contributed by atoms with Gasteiger partial charge in [0.15, 0.2) is 0 Å². The molecule has 12 aromatic carbocycles. The predicted molar refractivity (Wildman–Crippen MR) is 287 cm³/mol. The fourth-order valence-electron chi connectivity index (χ4n) is 11.5. The maximum atomic E-state index is 7.18. The van der Waals surface area contributed by atoms with E-state index in [-0.39, 0.29) is 0 Å². The third-order valence-electron chi connectivity index (χ3n) is 14.7. The molecule has 0 bridgehead atoms. The summed E-state index contributed by atoms with van der Waals surface area (Å²) >= 11 is 0. The highest BCUT2D eigenvalue weighted by atomic mass is 16.5. The molecule has 0 saturated heterocycles. The first kappa shape index (κ1) is 39.2. The summed E-state index contributed by atoms with van der Waals surface area (Å²) in [6.45, 7) is 0. The molecular formula is C67H43NO. The zero-order valence-electron chi connectivity index (χ0n) is 37.7. The Morgan fingerprint density at radius 2 is 0.739 bits per heavy atom. The maximum Gasteiger partial charge on any atom is 0.140 e. The lowest BCUT2D eigenvalue weighted by Crippen LogP contribution is -2.32. The van der Waals surface area contributed by atoms with Crippen molar-refractivity contribution in [3.8, 4) is 56.0 Å². The molecule has 0 saturated carbocycles. The van der Waals surface area contributed by atoms with Gasteiger partial charge in [-0.2, -0.15) is 0 Å². The zero-order chi connectivity index (χ0) is 45.5. The molecule has 2 aliphatic rings. The molecule has 0 unspecified atom stereocenters. The van der Waals surface area contributed by atoms with E-state index in [4.69, 9.17) is 4.74 Å². The van der Waals surface area contributed by atoms with Crippen LogP contribution in [0.15, 0.2) is 261 Å². The highest BCUT2D eigenvalue weighted by Gasteiger charge is 2.51. The second-order valence-electron chi connectivity index (χ2n) is 18.4. The van der Waals surface area contributed by atoms with Crippen molar-refractivity contribution in [3.05, 3.63) is 283 Å². The summed E-state index contributed by atoms with van der Waals surface area (Å²) < 4.78 is 7.18. The Kier molecular flexibility index (Phi) is 8.84. The van der Waals surface area contributed by atoms with Crippen molar-refractivity contribution < 1.29 is 4.74 Å². The van der Waals surface area contributed by atoms with Gasteiger partial charge in [0.2, 0.25) is 0 Å². The number of ether oxygens (including phenoxy) is 1. The fraction of sp³-hybridized carbons (Fsp3) is 0.0149. The van der Waals surface area contributed by atoms with Crippen LogP contribution in [0.25, 0.3) is 76.8 Å². The molecule has 0 aromatic heterocycles. The summed E-state index contributed by atoms with van der Waals surface area (Å²) in [6.07, 6.45) is 0. The molecule has 0 atom stereocenters. The van der Waals surface area contributed by atoms with Crippen LogP contribution in [0.2, 0.25) is 0 Å². The number of benzene rings is 12. The van der Waals surface area contributed by atoms with Gasteiger partial charge in [-0.05, 0) is 126 Å². The van der Waals surface area contributed by atoms with Gasteiger partial charge in [0, 0.05) is 39.0 Å². The molecule has 0 N–H and O–H groups in total. The summed E-state index contributed by atoms with van der Waals surface area (Å²) in [4.78, 5) is 2.38. The summed E-state index contributed by atoms with van der Waals surface area (Å²) in [5, 5.41) is 6.96. The number of nitrogens with zero attached hydrogens (tertiary/aromatic N) is 1. The molecule has 14 rings (SSSR count). The largest absolute Gasteiger partial charge is 0.455 e. The van der Waals surface area contributed by atoms with Crippen LogP contribution in [0.3, 0.4) is 0 Å². The number of fused-ring (bicyclic) bond motifs is 14. The fourth-order valence-corrected chi connectivity index (χ4v) is 11.5. The van der Waals surface area contributed by atoms with Crippen LogP contribution in [0.5, 0.6) is 11.5 Å². The van der Waals surface area contributed by atoms with Crippen molar-refractivity contribution in [1.29, 1.82) is 0 Å². The van der Waals surface area contributed by atoms with Crippen molar-refractivity contribution >= 4 is 49.4 Å². The Morgan fingerprint density at radius 1 is 0.261 bits per heavy atom. The Hall–Kier alpha value is -8.98. The van der Waals surface area contributed by atoms with Crippen LogP contribution >= 0.6 is 0 Å².